The zero-order valence-electron chi connectivity index (χ0n) is 10.5. The van der Waals surface area contributed by atoms with E-state index < -0.39 is 0 Å². The summed E-state index contributed by atoms with van der Waals surface area (Å²) in [5.74, 6) is -0.366. The Bertz CT molecular complexity index is 693. The first-order valence-corrected chi connectivity index (χ1v) is 7.37. The fourth-order valence-electron chi connectivity index (χ4n) is 1.60. The molecule has 0 radical (unpaired) electrons. The summed E-state index contributed by atoms with van der Waals surface area (Å²) in [6.45, 7) is 0. The van der Waals surface area contributed by atoms with E-state index in [1.807, 2.05) is 0 Å². The van der Waals surface area contributed by atoms with E-state index in [0.29, 0.717) is 26.3 Å². The van der Waals surface area contributed by atoms with Gasteiger partial charge in [-0.05, 0) is 30.3 Å². The van der Waals surface area contributed by atoms with Gasteiger partial charge in [0.1, 0.15) is 0 Å². The van der Waals surface area contributed by atoms with E-state index in [4.69, 9.17) is 46.4 Å². The summed E-state index contributed by atoms with van der Waals surface area (Å²) in [7, 11) is 0. The largest absolute Gasteiger partial charge is 0.321 e. The molecule has 2 aromatic rings. The average molecular weight is 361 g/mol. The van der Waals surface area contributed by atoms with Crippen molar-refractivity contribution in [2.75, 3.05) is 5.32 Å². The number of hydrogen-bond acceptors (Lipinski definition) is 1. The van der Waals surface area contributed by atoms with Crippen LogP contribution < -0.4 is 5.32 Å². The summed E-state index contributed by atoms with van der Waals surface area (Å²) >= 11 is 23.9. The lowest BCUT2D eigenvalue weighted by atomic mass is 10.2. The van der Waals surface area contributed by atoms with Crippen LogP contribution in [0, 0.1) is 0 Å². The summed E-state index contributed by atoms with van der Waals surface area (Å²) in [6, 6.07) is 10.1. The van der Waals surface area contributed by atoms with Crippen molar-refractivity contribution in [1.82, 2.24) is 0 Å². The molecule has 108 valence electrons. The van der Waals surface area contributed by atoms with Gasteiger partial charge in [0, 0.05) is 21.7 Å². The minimum absolute atomic E-state index is 0.289. The van der Waals surface area contributed by atoms with Crippen LogP contribution >= 0.6 is 46.4 Å². The number of carbonyl (C=O) groups is 1. The van der Waals surface area contributed by atoms with Gasteiger partial charge in [0.25, 0.3) is 0 Å². The van der Waals surface area contributed by atoms with Gasteiger partial charge in [-0.3, -0.25) is 4.79 Å². The van der Waals surface area contributed by atoms with Gasteiger partial charge < -0.3 is 5.32 Å². The molecule has 0 unspecified atom stereocenters. The Labute approximate surface area is 142 Å². The number of anilines is 1. The highest BCUT2D eigenvalue weighted by molar-refractivity contribution is 6.44. The summed E-state index contributed by atoms with van der Waals surface area (Å²) in [5.41, 5.74) is 1.01. The van der Waals surface area contributed by atoms with Crippen LogP contribution in [0.2, 0.25) is 20.1 Å². The molecule has 1 amide bonds. The Balaban J connectivity index is 2.15. The van der Waals surface area contributed by atoms with E-state index >= 15 is 0 Å². The molecule has 0 heterocycles. The second-order valence-corrected chi connectivity index (χ2v) is 5.66. The molecule has 2 aromatic carbocycles. The van der Waals surface area contributed by atoms with E-state index in [2.05, 4.69) is 5.32 Å². The Kier molecular flexibility index (Phi) is 5.54. The SMILES string of the molecule is O=C(/C=C/c1c(Cl)cccc1Cl)Nc1cccc(Cl)c1Cl. The van der Waals surface area contributed by atoms with Gasteiger partial charge in [0.15, 0.2) is 0 Å². The molecular formula is C15H9Cl4NO. The van der Waals surface area contributed by atoms with Crippen LogP contribution in [-0.2, 0) is 4.79 Å². The molecular weight excluding hydrogens is 352 g/mol. The lowest BCUT2D eigenvalue weighted by Crippen LogP contribution is -2.08. The lowest BCUT2D eigenvalue weighted by molar-refractivity contribution is -0.111. The molecule has 0 atom stereocenters. The third kappa shape index (κ3) is 4.14. The second-order valence-electron chi connectivity index (χ2n) is 4.06. The average Bonchev–Trinajstić information content (AvgIpc) is 2.43. The Morgan fingerprint density at radius 1 is 0.905 bits per heavy atom. The second kappa shape index (κ2) is 7.19. The fourth-order valence-corrected chi connectivity index (χ4v) is 2.47. The summed E-state index contributed by atoms with van der Waals surface area (Å²) in [6.07, 6.45) is 2.86. The van der Waals surface area contributed by atoms with Crippen molar-refractivity contribution in [3.63, 3.8) is 0 Å². The smallest absolute Gasteiger partial charge is 0.248 e. The van der Waals surface area contributed by atoms with E-state index in [1.165, 1.54) is 6.08 Å². The molecule has 2 nitrogen and oxygen atoms in total. The van der Waals surface area contributed by atoms with Crippen molar-refractivity contribution in [2.45, 2.75) is 0 Å². The zero-order chi connectivity index (χ0) is 15.4. The van der Waals surface area contributed by atoms with Crippen molar-refractivity contribution in [3.8, 4) is 0 Å². The van der Waals surface area contributed by atoms with Crippen molar-refractivity contribution >= 4 is 64.1 Å². The minimum atomic E-state index is -0.366. The Morgan fingerprint density at radius 3 is 2.14 bits per heavy atom. The highest BCUT2D eigenvalue weighted by atomic mass is 35.5. The van der Waals surface area contributed by atoms with Crippen molar-refractivity contribution in [1.29, 1.82) is 0 Å². The van der Waals surface area contributed by atoms with Crippen LogP contribution in [0.5, 0.6) is 0 Å². The van der Waals surface area contributed by atoms with E-state index in [-0.39, 0.29) is 10.9 Å². The summed E-state index contributed by atoms with van der Waals surface area (Å²) in [5, 5.41) is 4.22. The molecule has 21 heavy (non-hydrogen) atoms. The van der Waals surface area contributed by atoms with Crippen molar-refractivity contribution in [3.05, 3.63) is 68.1 Å². The molecule has 0 aliphatic rings. The maximum Gasteiger partial charge on any atom is 0.248 e. The van der Waals surface area contributed by atoms with Crippen LogP contribution in [0.4, 0.5) is 5.69 Å². The minimum Gasteiger partial charge on any atom is -0.321 e. The number of rotatable bonds is 3. The molecule has 0 aromatic heterocycles. The van der Waals surface area contributed by atoms with Crippen molar-refractivity contribution < 1.29 is 4.79 Å². The molecule has 1 N–H and O–H groups in total. The quantitative estimate of drug-likeness (QED) is 0.673. The number of halogens is 4. The lowest BCUT2D eigenvalue weighted by Gasteiger charge is -2.06. The number of benzene rings is 2. The number of carbonyl (C=O) groups excluding carboxylic acids is 1. The molecule has 0 saturated carbocycles. The van der Waals surface area contributed by atoms with Gasteiger partial charge >= 0.3 is 0 Å². The summed E-state index contributed by atoms with van der Waals surface area (Å²) < 4.78 is 0. The third-order valence-corrected chi connectivity index (χ3v) is 4.09. The van der Waals surface area contributed by atoms with E-state index in [0.717, 1.165) is 0 Å². The van der Waals surface area contributed by atoms with Gasteiger partial charge in [-0.1, -0.05) is 58.5 Å². The highest BCUT2D eigenvalue weighted by Gasteiger charge is 2.07. The van der Waals surface area contributed by atoms with Crippen LogP contribution in [0.15, 0.2) is 42.5 Å². The summed E-state index contributed by atoms with van der Waals surface area (Å²) in [4.78, 5) is 11.9. The molecule has 2 rings (SSSR count). The maximum atomic E-state index is 11.9. The molecule has 0 fully saturated rings. The molecule has 0 spiro atoms. The van der Waals surface area contributed by atoms with Gasteiger partial charge in [0.2, 0.25) is 5.91 Å². The van der Waals surface area contributed by atoms with Crippen molar-refractivity contribution in [2.24, 2.45) is 0 Å². The van der Waals surface area contributed by atoms with Gasteiger partial charge in [-0.2, -0.15) is 0 Å². The van der Waals surface area contributed by atoms with Gasteiger partial charge in [0.05, 0.1) is 15.7 Å². The molecule has 0 bridgehead atoms. The maximum absolute atomic E-state index is 11.9. The topological polar surface area (TPSA) is 29.1 Å². The highest BCUT2D eigenvalue weighted by Crippen LogP contribution is 2.29. The molecule has 6 heteroatoms. The number of nitrogens with one attached hydrogen (secondary N) is 1. The number of hydrogen-bond donors (Lipinski definition) is 1. The predicted molar refractivity (Wildman–Crippen MR) is 90.6 cm³/mol. The zero-order valence-corrected chi connectivity index (χ0v) is 13.6. The van der Waals surface area contributed by atoms with Crippen LogP contribution in [0.1, 0.15) is 5.56 Å². The molecule has 0 aliphatic heterocycles. The van der Waals surface area contributed by atoms with Gasteiger partial charge in [-0.15, -0.1) is 0 Å². The van der Waals surface area contributed by atoms with Crippen LogP contribution in [0.25, 0.3) is 6.08 Å². The predicted octanol–water partition coefficient (Wildman–Crippen LogP) is 5.95. The van der Waals surface area contributed by atoms with E-state index in [9.17, 15) is 4.79 Å². The number of amides is 1. The Hall–Kier alpha value is -1.19. The third-order valence-electron chi connectivity index (χ3n) is 2.61. The first-order chi connectivity index (χ1) is 9.99. The first kappa shape index (κ1) is 16.2. The molecule has 0 saturated heterocycles. The van der Waals surface area contributed by atoms with Crippen LogP contribution in [-0.4, -0.2) is 5.91 Å². The Morgan fingerprint density at radius 2 is 1.48 bits per heavy atom. The monoisotopic (exact) mass is 359 g/mol. The van der Waals surface area contributed by atoms with Gasteiger partial charge in [-0.25, -0.2) is 0 Å². The standard InChI is InChI=1S/C15H9Cl4NO/c16-10-3-1-4-11(17)9(10)7-8-14(21)20-13-6-2-5-12(18)15(13)19/h1-8H,(H,20,21)/b8-7+. The first-order valence-electron chi connectivity index (χ1n) is 5.86. The normalized spacial score (nSPS) is 10.9. The van der Waals surface area contributed by atoms with E-state index in [1.54, 1.807) is 42.5 Å². The molecule has 0 aliphatic carbocycles. The fraction of sp³-hybridized carbons (Fsp3) is 0. The van der Waals surface area contributed by atoms with Crippen LogP contribution in [0.3, 0.4) is 0 Å².